The largest absolute Gasteiger partial charge is 0.412 e. The highest BCUT2D eigenvalue weighted by atomic mass is 35.5. The van der Waals surface area contributed by atoms with Crippen molar-refractivity contribution < 1.29 is 14.3 Å². The summed E-state index contributed by atoms with van der Waals surface area (Å²) in [6, 6.07) is 13.6. The van der Waals surface area contributed by atoms with Crippen molar-refractivity contribution in [3.63, 3.8) is 0 Å². The first-order valence-corrected chi connectivity index (χ1v) is 7.62. The minimum Gasteiger partial charge on any atom is -0.410 e. The third-order valence-corrected chi connectivity index (χ3v) is 3.45. The van der Waals surface area contributed by atoms with Crippen molar-refractivity contribution in [2.24, 2.45) is 0 Å². The van der Waals surface area contributed by atoms with Gasteiger partial charge in [0, 0.05) is 31.4 Å². The number of hydrogen-bond acceptors (Lipinski definition) is 3. The fraction of sp³-hybridized carbons (Fsp3) is 0.176. The second-order valence-corrected chi connectivity index (χ2v) is 5.51. The van der Waals surface area contributed by atoms with Crippen LogP contribution in [-0.2, 0) is 6.54 Å². The van der Waals surface area contributed by atoms with Gasteiger partial charge in [-0.05, 0) is 42.0 Å². The van der Waals surface area contributed by atoms with Crippen LogP contribution in [0.1, 0.15) is 5.56 Å². The second-order valence-electron chi connectivity index (χ2n) is 5.08. The van der Waals surface area contributed by atoms with Crippen molar-refractivity contribution >= 4 is 29.4 Å². The molecule has 2 N–H and O–H groups in total. The fourth-order valence-electron chi connectivity index (χ4n) is 1.92. The molecule has 3 amide bonds. The van der Waals surface area contributed by atoms with E-state index in [1.165, 1.54) is 7.05 Å². The Morgan fingerprint density at radius 3 is 2.29 bits per heavy atom. The lowest BCUT2D eigenvalue weighted by atomic mass is 10.2. The summed E-state index contributed by atoms with van der Waals surface area (Å²) in [6.45, 7) is 0.416. The molecule has 0 aliphatic carbocycles. The number of ether oxygens (including phenoxy) is 1. The van der Waals surface area contributed by atoms with Crippen LogP contribution in [-0.4, -0.2) is 31.1 Å². The second kappa shape index (κ2) is 8.21. The van der Waals surface area contributed by atoms with E-state index in [1.807, 2.05) is 0 Å². The number of nitrogens with one attached hydrogen (secondary N) is 2. The minimum atomic E-state index is -0.526. The van der Waals surface area contributed by atoms with E-state index in [9.17, 15) is 9.59 Å². The molecule has 0 saturated carbocycles. The van der Waals surface area contributed by atoms with Crippen molar-refractivity contribution in [1.29, 1.82) is 0 Å². The number of rotatable bonds is 4. The van der Waals surface area contributed by atoms with E-state index >= 15 is 0 Å². The van der Waals surface area contributed by atoms with Crippen LogP contribution in [0.25, 0.3) is 0 Å². The first-order chi connectivity index (χ1) is 11.5. The van der Waals surface area contributed by atoms with Gasteiger partial charge in [0.05, 0.1) is 0 Å². The van der Waals surface area contributed by atoms with Crippen LogP contribution < -0.4 is 15.4 Å². The molecule has 2 aromatic rings. The maximum Gasteiger partial charge on any atom is 0.412 e. The molecule has 0 radical (unpaired) electrons. The number of amides is 3. The summed E-state index contributed by atoms with van der Waals surface area (Å²) in [5, 5.41) is 5.77. The number of carbonyl (C=O) groups excluding carboxylic acids is 2. The number of benzene rings is 2. The van der Waals surface area contributed by atoms with E-state index < -0.39 is 6.09 Å². The molecular weight excluding hydrogens is 330 g/mol. The average Bonchev–Trinajstić information content (AvgIpc) is 2.58. The van der Waals surface area contributed by atoms with Gasteiger partial charge < -0.3 is 20.3 Å². The topological polar surface area (TPSA) is 70.7 Å². The van der Waals surface area contributed by atoms with E-state index in [1.54, 1.807) is 60.5 Å². The maximum atomic E-state index is 12.2. The molecule has 24 heavy (non-hydrogen) atoms. The monoisotopic (exact) mass is 347 g/mol. The van der Waals surface area contributed by atoms with Gasteiger partial charge in [-0.25, -0.2) is 9.59 Å². The average molecular weight is 348 g/mol. The zero-order valence-electron chi connectivity index (χ0n) is 13.4. The molecule has 126 valence electrons. The van der Waals surface area contributed by atoms with Crippen LogP contribution in [0.5, 0.6) is 5.75 Å². The zero-order valence-corrected chi connectivity index (χ0v) is 14.1. The Kier molecular flexibility index (Phi) is 6.03. The van der Waals surface area contributed by atoms with E-state index in [0.717, 1.165) is 5.56 Å². The van der Waals surface area contributed by atoms with Gasteiger partial charge in [-0.3, -0.25) is 0 Å². The van der Waals surface area contributed by atoms with Gasteiger partial charge in [0.1, 0.15) is 5.75 Å². The van der Waals surface area contributed by atoms with Gasteiger partial charge in [0.15, 0.2) is 0 Å². The molecule has 0 spiro atoms. The van der Waals surface area contributed by atoms with E-state index in [2.05, 4.69) is 10.6 Å². The molecule has 0 bridgehead atoms. The fourth-order valence-corrected chi connectivity index (χ4v) is 2.04. The number of nitrogens with zero attached hydrogens (tertiary/aromatic N) is 1. The summed E-state index contributed by atoms with van der Waals surface area (Å²) in [5.74, 6) is 0.436. The van der Waals surface area contributed by atoms with Gasteiger partial charge in [-0.2, -0.15) is 0 Å². The summed E-state index contributed by atoms with van der Waals surface area (Å²) >= 11 is 5.81. The van der Waals surface area contributed by atoms with Gasteiger partial charge in [0.2, 0.25) is 0 Å². The molecule has 0 aliphatic rings. The molecule has 0 atom stereocenters. The lowest BCUT2D eigenvalue weighted by Gasteiger charge is -2.18. The zero-order chi connectivity index (χ0) is 17.5. The Balaban J connectivity index is 1.91. The molecule has 2 aromatic carbocycles. The van der Waals surface area contributed by atoms with Gasteiger partial charge in [-0.15, -0.1) is 0 Å². The SMILES string of the molecule is CNC(=O)Oc1ccc(CN(C)C(=O)Nc2ccc(Cl)cc2)cc1. The number of halogens is 1. The van der Waals surface area contributed by atoms with Gasteiger partial charge in [-0.1, -0.05) is 23.7 Å². The normalized spacial score (nSPS) is 9.96. The highest BCUT2D eigenvalue weighted by Gasteiger charge is 2.10. The van der Waals surface area contributed by atoms with E-state index in [0.29, 0.717) is 23.0 Å². The van der Waals surface area contributed by atoms with Crippen molar-refractivity contribution in [3.8, 4) is 5.75 Å². The molecule has 0 unspecified atom stereocenters. The number of carbonyl (C=O) groups is 2. The maximum absolute atomic E-state index is 12.2. The Labute approximate surface area is 145 Å². The molecular formula is C17H18ClN3O3. The first kappa shape index (κ1) is 17.6. The van der Waals surface area contributed by atoms with E-state index in [4.69, 9.17) is 16.3 Å². The van der Waals surface area contributed by atoms with Crippen LogP contribution in [0.2, 0.25) is 5.02 Å². The summed E-state index contributed by atoms with van der Waals surface area (Å²) in [4.78, 5) is 24.8. The minimum absolute atomic E-state index is 0.233. The Morgan fingerprint density at radius 1 is 1.08 bits per heavy atom. The third kappa shape index (κ3) is 5.17. The van der Waals surface area contributed by atoms with Crippen LogP contribution in [0.4, 0.5) is 15.3 Å². The molecule has 2 rings (SSSR count). The van der Waals surface area contributed by atoms with Crippen molar-refractivity contribution in [3.05, 3.63) is 59.1 Å². The molecule has 7 heteroatoms. The molecule has 0 heterocycles. The standard InChI is InChI=1S/C17H18ClN3O3/c1-19-17(23)24-15-9-3-12(4-10-15)11-21(2)16(22)20-14-7-5-13(18)6-8-14/h3-10H,11H2,1-2H3,(H,19,23)(H,20,22). The Bertz CT molecular complexity index is 702. The highest BCUT2D eigenvalue weighted by molar-refractivity contribution is 6.30. The number of urea groups is 1. The lowest BCUT2D eigenvalue weighted by molar-refractivity contribution is 0.203. The highest BCUT2D eigenvalue weighted by Crippen LogP contribution is 2.16. The first-order valence-electron chi connectivity index (χ1n) is 7.24. The summed E-state index contributed by atoms with van der Waals surface area (Å²) in [5.41, 5.74) is 1.58. The summed E-state index contributed by atoms with van der Waals surface area (Å²) in [6.07, 6.45) is -0.526. The van der Waals surface area contributed by atoms with Crippen LogP contribution in [0.3, 0.4) is 0 Å². The quantitative estimate of drug-likeness (QED) is 0.885. The number of anilines is 1. The van der Waals surface area contributed by atoms with Crippen molar-refractivity contribution in [1.82, 2.24) is 10.2 Å². The van der Waals surface area contributed by atoms with Crippen LogP contribution >= 0.6 is 11.6 Å². The van der Waals surface area contributed by atoms with Crippen LogP contribution in [0, 0.1) is 0 Å². The van der Waals surface area contributed by atoms with Gasteiger partial charge >= 0.3 is 12.1 Å². The van der Waals surface area contributed by atoms with Gasteiger partial charge in [0.25, 0.3) is 0 Å². The lowest BCUT2D eigenvalue weighted by Crippen LogP contribution is -2.30. The molecule has 0 aromatic heterocycles. The Hall–Kier alpha value is -2.73. The predicted molar refractivity (Wildman–Crippen MR) is 93.5 cm³/mol. The predicted octanol–water partition coefficient (Wildman–Crippen LogP) is 3.72. The molecule has 0 aliphatic heterocycles. The third-order valence-electron chi connectivity index (χ3n) is 3.20. The summed E-state index contributed by atoms with van der Waals surface area (Å²) < 4.78 is 5.01. The molecule has 0 fully saturated rings. The van der Waals surface area contributed by atoms with Crippen molar-refractivity contribution in [2.75, 3.05) is 19.4 Å². The van der Waals surface area contributed by atoms with Crippen molar-refractivity contribution in [2.45, 2.75) is 6.54 Å². The summed E-state index contributed by atoms with van der Waals surface area (Å²) in [7, 11) is 3.19. The molecule has 0 saturated heterocycles. The Morgan fingerprint density at radius 2 is 1.71 bits per heavy atom. The van der Waals surface area contributed by atoms with Crippen LogP contribution in [0.15, 0.2) is 48.5 Å². The smallest absolute Gasteiger partial charge is 0.410 e. The number of hydrogen-bond donors (Lipinski definition) is 2. The molecule has 6 nitrogen and oxygen atoms in total. The van der Waals surface area contributed by atoms with E-state index in [-0.39, 0.29) is 6.03 Å².